The third-order valence-electron chi connectivity index (χ3n) is 2.43. The number of nitrogens with one attached hydrogen (secondary N) is 3. The van der Waals surface area contributed by atoms with Crippen LogP contribution in [0.5, 0.6) is 0 Å². The molecular weight excluding hydrogens is 242 g/mol. The topological polar surface area (TPSA) is 78.9 Å². The summed E-state index contributed by atoms with van der Waals surface area (Å²) in [7, 11) is 0. The molecule has 6 heteroatoms. The molecule has 0 radical (unpaired) electrons. The lowest BCUT2D eigenvalue weighted by Crippen LogP contribution is -2.28. The third kappa shape index (κ3) is 6.03. The number of nitrogens with zero attached hydrogens (tertiary/aromatic N) is 2. The van der Waals surface area contributed by atoms with Crippen molar-refractivity contribution in [2.75, 3.05) is 30.3 Å². The van der Waals surface area contributed by atoms with Crippen molar-refractivity contribution < 1.29 is 4.79 Å². The fourth-order valence-corrected chi connectivity index (χ4v) is 1.64. The lowest BCUT2D eigenvalue weighted by Gasteiger charge is -2.09. The van der Waals surface area contributed by atoms with Gasteiger partial charge < -0.3 is 16.0 Å². The molecule has 0 saturated carbocycles. The second-order valence-electron chi connectivity index (χ2n) is 4.24. The number of aromatic nitrogens is 2. The summed E-state index contributed by atoms with van der Waals surface area (Å²) < 4.78 is 0. The van der Waals surface area contributed by atoms with Crippen LogP contribution in [-0.2, 0) is 4.79 Å². The SMILES string of the molecule is CCCC(=O)NCCNc1cc(NCC)nc(C)n1. The summed E-state index contributed by atoms with van der Waals surface area (Å²) in [4.78, 5) is 19.8. The van der Waals surface area contributed by atoms with Crippen LogP contribution in [0.4, 0.5) is 11.6 Å². The molecule has 1 aromatic rings. The number of hydrogen-bond donors (Lipinski definition) is 3. The largest absolute Gasteiger partial charge is 0.370 e. The van der Waals surface area contributed by atoms with Crippen molar-refractivity contribution in [3.05, 3.63) is 11.9 Å². The van der Waals surface area contributed by atoms with E-state index in [4.69, 9.17) is 0 Å². The van der Waals surface area contributed by atoms with Gasteiger partial charge >= 0.3 is 0 Å². The Morgan fingerprint density at radius 2 is 1.84 bits per heavy atom. The van der Waals surface area contributed by atoms with Gasteiger partial charge in [-0.1, -0.05) is 6.92 Å². The van der Waals surface area contributed by atoms with Gasteiger partial charge in [0.15, 0.2) is 0 Å². The van der Waals surface area contributed by atoms with Crippen LogP contribution < -0.4 is 16.0 Å². The molecule has 0 aliphatic rings. The van der Waals surface area contributed by atoms with Crippen molar-refractivity contribution in [3.8, 4) is 0 Å². The highest BCUT2D eigenvalue weighted by Crippen LogP contribution is 2.10. The van der Waals surface area contributed by atoms with Gasteiger partial charge in [-0.3, -0.25) is 4.79 Å². The maximum Gasteiger partial charge on any atom is 0.220 e. The predicted octanol–water partition coefficient (Wildman–Crippen LogP) is 1.55. The average Bonchev–Trinajstić information content (AvgIpc) is 2.35. The first-order valence-corrected chi connectivity index (χ1v) is 6.75. The average molecular weight is 265 g/mol. The summed E-state index contributed by atoms with van der Waals surface area (Å²) in [6, 6.07) is 1.87. The van der Waals surface area contributed by atoms with E-state index in [-0.39, 0.29) is 5.91 Å². The predicted molar refractivity (Wildman–Crippen MR) is 77.3 cm³/mol. The van der Waals surface area contributed by atoms with E-state index in [2.05, 4.69) is 25.9 Å². The van der Waals surface area contributed by atoms with Gasteiger partial charge in [0.05, 0.1) is 0 Å². The first-order chi connectivity index (χ1) is 9.15. The van der Waals surface area contributed by atoms with E-state index >= 15 is 0 Å². The number of anilines is 2. The Hall–Kier alpha value is -1.85. The Morgan fingerprint density at radius 1 is 1.16 bits per heavy atom. The van der Waals surface area contributed by atoms with Crippen LogP contribution >= 0.6 is 0 Å². The normalized spacial score (nSPS) is 10.1. The number of aryl methyl sites for hydroxylation is 1. The van der Waals surface area contributed by atoms with Crippen molar-refractivity contribution in [2.24, 2.45) is 0 Å². The van der Waals surface area contributed by atoms with Gasteiger partial charge in [-0.15, -0.1) is 0 Å². The standard InChI is InChI=1S/C13H23N5O/c1-4-6-13(19)16-8-7-15-12-9-11(14-5-2)17-10(3)18-12/h9H,4-8H2,1-3H3,(H,16,19)(H2,14,15,17,18). The molecule has 0 aliphatic heterocycles. The van der Waals surface area contributed by atoms with Crippen molar-refractivity contribution in [1.82, 2.24) is 15.3 Å². The maximum atomic E-state index is 11.3. The molecule has 1 heterocycles. The van der Waals surface area contributed by atoms with Gasteiger partial charge in [0, 0.05) is 32.1 Å². The number of hydrogen-bond acceptors (Lipinski definition) is 5. The molecule has 0 saturated heterocycles. The molecule has 0 fully saturated rings. The van der Waals surface area contributed by atoms with Gasteiger partial charge in [-0.25, -0.2) is 9.97 Å². The fraction of sp³-hybridized carbons (Fsp3) is 0.615. The number of amides is 1. The van der Waals surface area contributed by atoms with Crippen molar-refractivity contribution in [3.63, 3.8) is 0 Å². The highest BCUT2D eigenvalue weighted by Gasteiger charge is 2.01. The zero-order valence-electron chi connectivity index (χ0n) is 11.9. The third-order valence-corrected chi connectivity index (χ3v) is 2.43. The van der Waals surface area contributed by atoms with Crippen LogP contribution in [0.25, 0.3) is 0 Å². The van der Waals surface area contributed by atoms with Crippen LogP contribution in [0.1, 0.15) is 32.5 Å². The summed E-state index contributed by atoms with van der Waals surface area (Å²) in [5.41, 5.74) is 0. The van der Waals surface area contributed by atoms with E-state index < -0.39 is 0 Å². The van der Waals surface area contributed by atoms with E-state index in [1.54, 1.807) is 0 Å². The quantitative estimate of drug-likeness (QED) is 0.621. The van der Waals surface area contributed by atoms with E-state index in [1.165, 1.54) is 0 Å². The van der Waals surface area contributed by atoms with Gasteiger partial charge in [0.2, 0.25) is 5.91 Å². The minimum atomic E-state index is 0.0940. The number of carbonyl (C=O) groups is 1. The minimum Gasteiger partial charge on any atom is -0.370 e. The second-order valence-corrected chi connectivity index (χ2v) is 4.24. The highest BCUT2D eigenvalue weighted by molar-refractivity contribution is 5.75. The molecule has 1 aromatic heterocycles. The molecule has 106 valence electrons. The molecule has 6 nitrogen and oxygen atoms in total. The van der Waals surface area contributed by atoms with E-state index in [0.717, 1.165) is 30.4 Å². The Balaban J connectivity index is 2.38. The number of carbonyl (C=O) groups excluding carboxylic acids is 1. The molecule has 0 atom stereocenters. The van der Waals surface area contributed by atoms with Gasteiger partial charge in [-0.05, 0) is 20.3 Å². The number of rotatable bonds is 8. The summed E-state index contributed by atoms with van der Waals surface area (Å²) in [5, 5.41) is 9.18. The molecule has 0 bridgehead atoms. The van der Waals surface area contributed by atoms with Crippen molar-refractivity contribution in [2.45, 2.75) is 33.6 Å². The first-order valence-electron chi connectivity index (χ1n) is 6.75. The molecule has 0 unspecified atom stereocenters. The summed E-state index contributed by atoms with van der Waals surface area (Å²) in [6.07, 6.45) is 1.45. The van der Waals surface area contributed by atoms with Crippen LogP contribution in [-0.4, -0.2) is 35.5 Å². The zero-order chi connectivity index (χ0) is 14.1. The Kier molecular flexibility index (Phi) is 6.63. The van der Waals surface area contributed by atoms with Crippen LogP contribution in [0.15, 0.2) is 6.07 Å². The smallest absolute Gasteiger partial charge is 0.220 e. The molecule has 1 amide bonds. The molecule has 3 N–H and O–H groups in total. The van der Waals surface area contributed by atoms with Gasteiger partial charge in [0.25, 0.3) is 0 Å². The molecule has 0 spiro atoms. The van der Waals surface area contributed by atoms with Gasteiger partial charge in [-0.2, -0.15) is 0 Å². The molecule has 0 aliphatic carbocycles. The van der Waals surface area contributed by atoms with E-state index in [1.807, 2.05) is 26.8 Å². The maximum absolute atomic E-state index is 11.3. The minimum absolute atomic E-state index is 0.0940. The molecule has 0 aromatic carbocycles. The summed E-state index contributed by atoms with van der Waals surface area (Å²) in [6.45, 7) is 7.94. The fourth-order valence-electron chi connectivity index (χ4n) is 1.64. The lowest BCUT2D eigenvalue weighted by molar-refractivity contribution is -0.121. The Bertz CT molecular complexity index is 408. The summed E-state index contributed by atoms with van der Waals surface area (Å²) in [5.74, 6) is 2.40. The Morgan fingerprint density at radius 3 is 2.47 bits per heavy atom. The van der Waals surface area contributed by atoms with Crippen LogP contribution in [0.2, 0.25) is 0 Å². The van der Waals surface area contributed by atoms with Gasteiger partial charge in [0.1, 0.15) is 17.5 Å². The zero-order valence-corrected chi connectivity index (χ0v) is 11.9. The molecule has 19 heavy (non-hydrogen) atoms. The highest BCUT2D eigenvalue weighted by atomic mass is 16.1. The van der Waals surface area contributed by atoms with Crippen LogP contribution in [0, 0.1) is 6.92 Å². The van der Waals surface area contributed by atoms with Crippen LogP contribution in [0.3, 0.4) is 0 Å². The van der Waals surface area contributed by atoms with E-state index in [9.17, 15) is 4.79 Å². The second kappa shape index (κ2) is 8.29. The summed E-state index contributed by atoms with van der Waals surface area (Å²) >= 11 is 0. The molecule has 1 rings (SSSR count). The molecular formula is C13H23N5O. The lowest BCUT2D eigenvalue weighted by atomic mass is 10.3. The monoisotopic (exact) mass is 265 g/mol. The first kappa shape index (κ1) is 15.2. The van der Waals surface area contributed by atoms with Crippen molar-refractivity contribution >= 4 is 17.5 Å². The van der Waals surface area contributed by atoms with Crippen molar-refractivity contribution in [1.29, 1.82) is 0 Å². The van der Waals surface area contributed by atoms with E-state index in [0.29, 0.717) is 19.5 Å². The Labute approximate surface area is 114 Å².